The van der Waals surface area contributed by atoms with E-state index in [1.807, 2.05) is 0 Å². The number of hydrogen-bond donors (Lipinski definition) is 1. The Hall–Kier alpha value is -3.15. The lowest BCUT2D eigenvalue weighted by molar-refractivity contribution is -0.403. The van der Waals surface area contributed by atoms with Crippen LogP contribution in [0.1, 0.15) is 10.4 Å². The summed E-state index contributed by atoms with van der Waals surface area (Å²) in [5, 5.41) is 40.0. The van der Waals surface area contributed by atoms with Gasteiger partial charge in [-0.05, 0) is 0 Å². The summed E-state index contributed by atoms with van der Waals surface area (Å²) >= 11 is 0. The second kappa shape index (κ2) is 5.01. The Labute approximate surface area is 102 Å². The topological polar surface area (TPSA) is 176 Å². The first-order valence-corrected chi connectivity index (χ1v) is 4.26. The number of carbonyl (C=O) groups is 1. The van der Waals surface area contributed by atoms with Gasteiger partial charge in [0.25, 0.3) is 17.1 Å². The number of rotatable bonds is 4. The Bertz CT molecular complexity index is 560. The molecule has 19 heavy (non-hydrogen) atoms. The normalized spacial score (nSPS) is 9.74. The first-order valence-electron chi connectivity index (χ1n) is 4.26. The average Bonchev–Trinajstić information content (AvgIpc) is 2.35. The SMILES string of the molecule is O=C(OO)c1c([N+](=O)[O-])cc([N+](=O)[O-])cc1[N+](=O)[O-]. The molecular weight excluding hydrogens is 270 g/mol. The van der Waals surface area contributed by atoms with E-state index >= 15 is 0 Å². The molecule has 0 atom stereocenters. The van der Waals surface area contributed by atoms with E-state index in [0.29, 0.717) is 12.1 Å². The van der Waals surface area contributed by atoms with Crippen LogP contribution in [0.5, 0.6) is 0 Å². The molecular formula is C7H3N3O9. The highest BCUT2D eigenvalue weighted by Gasteiger charge is 2.36. The van der Waals surface area contributed by atoms with Crippen LogP contribution in [0.25, 0.3) is 0 Å². The summed E-state index contributed by atoms with van der Waals surface area (Å²) in [7, 11) is 0. The van der Waals surface area contributed by atoms with E-state index < -0.39 is 43.4 Å². The maximum absolute atomic E-state index is 11.1. The van der Waals surface area contributed by atoms with Crippen molar-refractivity contribution < 1.29 is 29.7 Å². The Morgan fingerprint density at radius 1 is 1.00 bits per heavy atom. The largest absolute Gasteiger partial charge is 0.386 e. The molecule has 0 fully saturated rings. The van der Waals surface area contributed by atoms with Crippen LogP contribution in [-0.2, 0) is 4.89 Å². The molecule has 1 aromatic carbocycles. The summed E-state index contributed by atoms with van der Waals surface area (Å²) in [6, 6.07) is 0.693. The van der Waals surface area contributed by atoms with E-state index in [1.165, 1.54) is 0 Å². The fourth-order valence-electron chi connectivity index (χ4n) is 1.25. The molecule has 1 rings (SSSR count). The minimum atomic E-state index is -1.77. The second-order valence-corrected chi connectivity index (χ2v) is 3.01. The van der Waals surface area contributed by atoms with Crippen LogP contribution in [0.2, 0.25) is 0 Å². The van der Waals surface area contributed by atoms with Gasteiger partial charge in [-0.3, -0.25) is 35.2 Å². The smallest absolute Gasteiger partial charge is 0.295 e. The lowest BCUT2D eigenvalue weighted by atomic mass is 10.1. The molecule has 1 N–H and O–H groups in total. The first kappa shape index (κ1) is 13.9. The molecule has 0 saturated heterocycles. The summed E-state index contributed by atoms with van der Waals surface area (Å²) < 4.78 is 0. The minimum absolute atomic E-state index is 0.346. The molecule has 0 unspecified atom stereocenters. The van der Waals surface area contributed by atoms with Gasteiger partial charge in [0.1, 0.15) is 0 Å². The van der Waals surface area contributed by atoms with Gasteiger partial charge >= 0.3 is 5.97 Å². The van der Waals surface area contributed by atoms with Gasteiger partial charge < -0.3 is 0 Å². The van der Waals surface area contributed by atoms with Crippen LogP contribution in [0.3, 0.4) is 0 Å². The molecule has 0 heterocycles. The Kier molecular flexibility index (Phi) is 3.67. The molecule has 0 aromatic heterocycles. The van der Waals surface area contributed by atoms with Gasteiger partial charge in [-0.15, -0.1) is 0 Å². The molecule has 1 aromatic rings. The fourth-order valence-corrected chi connectivity index (χ4v) is 1.25. The number of nitro benzene ring substituents is 3. The van der Waals surface area contributed by atoms with Crippen LogP contribution >= 0.6 is 0 Å². The molecule has 12 heteroatoms. The third kappa shape index (κ3) is 2.58. The van der Waals surface area contributed by atoms with Crippen molar-refractivity contribution in [2.45, 2.75) is 0 Å². The zero-order valence-electron chi connectivity index (χ0n) is 8.71. The van der Waals surface area contributed by atoms with Gasteiger partial charge in [0.05, 0.1) is 26.9 Å². The van der Waals surface area contributed by atoms with Crippen LogP contribution in [-0.4, -0.2) is 26.0 Å². The van der Waals surface area contributed by atoms with Crippen molar-refractivity contribution in [3.05, 3.63) is 48.0 Å². The number of nitrogens with zero attached hydrogens (tertiary/aromatic N) is 3. The van der Waals surface area contributed by atoms with E-state index in [-0.39, 0.29) is 0 Å². The highest BCUT2D eigenvalue weighted by atomic mass is 17.1. The summed E-state index contributed by atoms with van der Waals surface area (Å²) in [4.78, 5) is 42.5. The molecule has 12 nitrogen and oxygen atoms in total. The monoisotopic (exact) mass is 273 g/mol. The van der Waals surface area contributed by atoms with Gasteiger partial charge in [-0.1, -0.05) is 0 Å². The number of nitro groups is 3. The molecule has 0 amide bonds. The highest BCUT2D eigenvalue weighted by molar-refractivity contribution is 5.98. The van der Waals surface area contributed by atoms with Gasteiger partial charge in [0, 0.05) is 0 Å². The fraction of sp³-hybridized carbons (Fsp3) is 0. The summed E-state index contributed by atoms with van der Waals surface area (Å²) in [6.45, 7) is 0. The molecule has 0 spiro atoms. The first-order chi connectivity index (χ1) is 8.79. The van der Waals surface area contributed by atoms with Crippen molar-refractivity contribution in [1.82, 2.24) is 0 Å². The number of carbonyl (C=O) groups excluding carboxylic acids is 1. The maximum Gasteiger partial charge on any atom is 0.386 e. The van der Waals surface area contributed by atoms with Crippen LogP contribution in [0.4, 0.5) is 17.1 Å². The highest BCUT2D eigenvalue weighted by Crippen LogP contribution is 2.33. The van der Waals surface area contributed by atoms with E-state index in [0.717, 1.165) is 0 Å². The third-order valence-electron chi connectivity index (χ3n) is 1.97. The van der Waals surface area contributed by atoms with E-state index in [4.69, 9.17) is 5.26 Å². The predicted molar refractivity (Wildman–Crippen MR) is 54.4 cm³/mol. The quantitative estimate of drug-likeness (QED) is 0.476. The van der Waals surface area contributed by atoms with Crippen molar-refractivity contribution in [2.24, 2.45) is 0 Å². The minimum Gasteiger partial charge on any atom is -0.295 e. The molecule has 0 aliphatic rings. The Morgan fingerprint density at radius 3 is 1.68 bits per heavy atom. The van der Waals surface area contributed by atoms with Gasteiger partial charge in [-0.2, -0.15) is 5.26 Å². The Balaban J connectivity index is 3.75. The standard InChI is InChI=1S/C7H3N3O9/c11-7(19-18)6-4(9(14)15)1-3(8(12)13)2-5(6)10(16)17/h1-2,18H. The second-order valence-electron chi connectivity index (χ2n) is 3.01. The van der Waals surface area contributed by atoms with E-state index in [9.17, 15) is 35.1 Å². The molecule has 100 valence electrons. The molecule has 0 radical (unpaired) electrons. The van der Waals surface area contributed by atoms with Gasteiger partial charge in [0.15, 0.2) is 0 Å². The molecule has 0 aliphatic carbocycles. The number of non-ortho nitro benzene ring substituents is 1. The lowest BCUT2D eigenvalue weighted by Crippen LogP contribution is -2.10. The predicted octanol–water partition coefficient (Wildman–Crippen LogP) is 1.04. The zero-order chi connectivity index (χ0) is 14.7. The van der Waals surface area contributed by atoms with E-state index in [2.05, 4.69) is 4.89 Å². The summed E-state index contributed by atoms with van der Waals surface area (Å²) in [6.07, 6.45) is 0. The Morgan fingerprint density at radius 2 is 1.42 bits per heavy atom. The average molecular weight is 273 g/mol. The van der Waals surface area contributed by atoms with Crippen LogP contribution in [0.15, 0.2) is 12.1 Å². The van der Waals surface area contributed by atoms with Crippen LogP contribution < -0.4 is 0 Å². The number of hydrogen-bond acceptors (Lipinski definition) is 9. The van der Waals surface area contributed by atoms with Crippen molar-refractivity contribution in [2.75, 3.05) is 0 Å². The van der Waals surface area contributed by atoms with Gasteiger partial charge in [0.2, 0.25) is 5.56 Å². The molecule has 0 aliphatic heterocycles. The van der Waals surface area contributed by atoms with Gasteiger partial charge in [-0.25, -0.2) is 4.79 Å². The molecule has 0 bridgehead atoms. The maximum atomic E-state index is 11.1. The van der Waals surface area contributed by atoms with E-state index in [1.54, 1.807) is 0 Å². The van der Waals surface area contributed by atoms with Crippen molar-refractivity contribution in [3.63, 3.8) is 0 Å². The van der Waals surface area contributed by atoms with Crippen molar-refractivity contribution in [3.8, 4) is 0 Å². The van der Waals surface area contributed by atoms with Crippen molar-refractivity contribution >= 4 is 23.0 Å². The summed E-state index contributed by atoms with van der Waals surface area (Å²) in [5.74, 6) is -1.77. The lowest BCUT2D eigenvalue weighted by Gasteiger charge is -2.01. The number of benzene rings is 1. The summed E-state index contributed by atoms with van der Waals surface area (Å²) in [5.41, 5.74) is -4.59. The van der Waals surface area contributed by atoms with Crippen LogP contribution in [0, 0.1) is 30.3 Å². The van der Waals surface area contributed by atoms with Crippen molar-refractivity contribution in [1.29, 1.82) is 0 Å². The third-order valence-corrected chi connectivity index (χ3v) is 1.97. The molecule has 0 saturated carbocycles. The zero-order valence-corrected chi connectivity index (χ0v) is 8.71.